The third kappa shape index (κ3) is 36.9. The summed E-state index contributed by atoms with van der Waals surface area (Å²) in [5.41, 5.74) is 0. The summed E-state index contributed by atoms with van der Waals surface area (Å²) < 4.78 is 11.7. The van der Waals surface area contributed by atoms with Crippen LogP contribution in [0.3, 0.4) is 0 Å². The Kier molecular flexibility index (Phi) is 41.6. The van der Waals surface area contributed by atoms with E-state index in [4.69, 9.17) is 9.47 Å². The van der Waals surface area contributed by atoms with Crippen LogP contribution in [0.25, 0.3) is 0 Å². The number of rotatable bonds is 44. The number of ether oxygens (including phenoxy) is 2. The summed E-state index contributed by atoms with van der Waals surface area (Å²) in [6.07, 6.45) is 39.5. The minimum atomic E-state index is 0.0684. The first-order valence-electron chi connectivity index (χ1n) is 24.6. The molecule has 0 amide bonds. The molecule has 0 saturated carbocycles. The zero-order chi connectivity index (χ0) is 40.5. The van der Waals surface area contributed by atoms with Crippen molar-refractivity contribution >= 4 is 11.9 Å². The van der Waals surface area contributed by atoms with Gasteiger partial charge in [0.2, 0.25) is 0 Å². The standard InChI is InChI=1S/C49H98N2O4/c1-7-11-15-19-21-23-31-39-47(37-29-18-14-10-4)49(53)55-45-35-27-25-33-41-51(43-42-50(5)6)40-32-24-26-34-44-54-48(52)46(36-28-17-13-9-3)38-30-22-20-16-12-8-2/h46-47H,7-45H2,1-6H3. The van der Waals surface area contributed by atoms with Crippen molar-refractivity contribution in [3.63, 3.8) is 0 Å². The Hall–Kier alpha value is -1.14. The lowest BCUT2D eigenvalue weighted by atomic mass is 9.94. The minimum absolute atomic E-state index is 0.0684. The van der Waals surface area contributed by atoms with Gasteiger partial charge < -0.3 is 19.3 Å². The summed E-state index contributed by atoms with van der Waals surface area (Å²) in [6, 6.07) is 0. The molecular formula is C49H98N2O4. The van der Waals surface area contributed by atoms with Crippen molar-refractivity contribution in [3.8, 4) is 0 Å². The number of nitrogens with zero attached hydrogens (tertiary/aromatic N) is 2. The molecule has 0 saturated heterocycles. The first-order valence-corrected chi connectivity index (χ1v) is 24.6. The fourth-order valence-corrected chi connectivity index (χ4v) is 7.75. The van der Waals surface area contributed by atoms with Crippen LogP contribution in [0.15, 0.2) is 0 Å². The molecule has 0 aromatic heterocycles. The van der Waals surface area contributed by atoms with Crippen molar-refractivity contribution in [2.45, 2.75) is 240 Å². The minimum Gasteiger partial charge on any atom is -0.465 e. The zero-order valence-corrected chi connectivity index (χ0v) is 38.3. The van der Waals surface area contributed by atoms with Crippen molar-refractivity contribution in [3.05, 3.63) is 0 Å². The van der Waals surface area contributed by atoms with Crippen molar-refractivity contribution < 1.29 is 19.1 Å². The normalized spacial score (nSPS) is 12.8. The maximum atomic E-state index is 13.0. The molecule has 2 unspecified atom stereocenters. The quantitative estimate of drug-likeness (QED) is 0.0453. The number of esters is 2. The van der Waals surface area contributed by atoms with E-state index in [1.807, 2.05) is 0 Å². The monoisotopic (exact) mass is 779 g/mol. The summed E-state index contributed by atoms with van der Waals surface area (Å²) >= 11 is 0. The Morgan fingerprint density at radius 1 is 0.364 bits per heavy atom. The molecule has 0 aliphatic rings. The van der Waals surface area contributed by atoms with Gasteiger partial charge in [0, 0.05) is 13.1 Å². The van der Waals surface area contributed by atoms with Crippen LogP contribution in [0, 0.1) is 11.8 Å². The molecule has 0 rings (SSSR count). The number of unbranched alkanes of at least 4 members (excludes halogenated alkanes) is 23. The van der Waals surface area contributed by atoms with Crippen LogP contribution in [0.2, 0.25) is 0 Å². The topological polar surface area (TPSA) is 59.1 Å². The van der Waals surface area contributed by atoms with Crippen LogP contribution in [-0.2, 0) is 19.1 Å². The van der Waals surface area contributed by atoms with E-state index in [-0.39, 0.29) is 23.8 Å². The lowest BCUT2D eigenvalue weighted by Crippen LogP contribution is -2.33. The summed E-state index contributed by atoms with van der Waals surface area (Å²) in [6.45, 7) is 14.7. The highest BCUT2D eigenvalue weighted by atomic mass is 16.5. The molecule has 0 bridgehead atoms. The van der Waals surface area contributed by atoms with Gasteiger partial charge in [0.05, 0.1) is 25.0 Å². The molecular weight excluding hydrogens is 681 g/mol. The molecule has 0 N–H and O–H groups in total. The van der Waals surface area contributed by atoms with Gasteiger partial charge in [-0.15, -0.1) is 0 Å². The molecule has 0 aromatic carbocycles. The van der Waals surface area contributed by atoms with E-state index in [0.717, 1.165) is 96.8 Å². The highest BCUT2D eigenvalue weighted by molar-refractivity contribution is 5.72. The van der Waals surface area contributed by atoms with Crippen molar-refractivity contribution in [2.24, 2.45) is 11.8 Å². The van der Waals surface area contributed by atoms with Crippen LogP contribution in [-0.4, -0.2) is 75.2 Å². The highest BCUT2D eigenvalue weighted by Gasteiger charge is 2.20. The third-order valence-corrected chi connectivity index (χ3v) is 11.6. The largest absolute Gasteiger partial charge is 0.465 e. The molecule has 0 aromatic rings. The van der Waals surface area contributed by atoms with Crippen molar-refractivity contribution in [2.75, 3.05) is 53.5 Å². The average Bonchev–Trinajstić information content (AvgIpc) is 3.17. The van der Waals surface area contributed by atoms with Crippen LogP contribution >= 0.6 is 0 Å². The second-order valence-electron chi connectivity index (χ2n) is 17.4. The van der Waals surface area contributed by atoms with Gasteiger partial charge in [-0.3, -0.25) is 9.59 Å². The number of likely N-dealkylation sites (N-methyl/N-ethyl adjacent to an activating group) is 1. The van der Waals surface area contributed by atoms with Gasteiger partial charge in [-0.25, -0.2) is 0 Å². The predicted octanol–water partition coefficient (Wildman–Crippen LogP) is 14.1. The van der Waals surface area contributed by atoms with Crippen LogP contribution in [0.4, 0.5) is 0 Å². The summed E-state index contributed by atoms with van der Waals surface area (Å²) in [4.78, 5) is 30.9. The molecule has 6 nitrogen and oxygen atoms in total. The van der Waals surface area contributed by atoms with E-state index in [1.165, 1.54) is 141 Å². The lowest BCUT2D eigenvalue weighted by molar-refractivity contribution is -0.150. The van der Waals surface area contributed by atoms with Gasteiger partial charge in [-0.2, -0.15) is 0 Å². The Bertz CT molecular complexity index is 806. The maximum absolute atomic E-state index is 13.0. The molecule has 6 heteroatoms. The summed E-state index contributed by atoms with van der Waals surface area (Å²) in [5, 5.41) is 0. The van der Waals surface area contributed by atoms with Gasteiger partial charge in [-0.1, -0.05) is 188 Å². The SMILES string of the molecule is CCCCCCCCCC(CCCCCC)C(=O)OCCCCCCN(CCCCCCOC(=O)C(CCCCCC)CCCCCCCC)CCN(C)C. The molecule has 0 spiro atoms. The van der Waals surface area contributed by atoms with E-state index < -0.39 is 0 Å². The van der Waals surface area contributed by atoms with Gasteiger partial charge in [-0.05, 0) is 78.6 Å². The zero-order valence-electron chi connectivity index (χ0n) is 38.3. The van der Waals surface area contributed by atoms with Crippen LogP contribution in [0.5, 0.6) is 0 Å². The fourth-order valence-electron chi connectivity index (χ4n) is 7.75. The van der Waals surface area contributed by atoms with Gasteiger partial charge >= 0.3 is 11.9 Å². The molecule has 328 valence electrons. The Morgan fingerprint density at radius 3 is 1.00 bits per heavy atom. The van der Waals surface area contributed by atoms with Gasteiger partial charge in [0.15, 0.2) is 0 Å². The fraction of sp³-hybridized carbons (Fsp3) is 0.959. The van der Waals surface area contributed by atoms with E-state index >= 15 is 0 Å². The third-order valence-electron chi connectivity index (χ3n) is 11.6. The van der Waals surface area contributed by atoms with Crippen molar-refractivity contribution in [1.82, 2.24) is 9.80 Å². The maximum Gasteiger partial charge on any atom is 0.308 e. The Balaban J connectivity index is 4.38. The number of hydrogen-bond donors (Lipinski definition) is 0. The smallest absolute Gasteiger partial charge is 0.308 e. The number of carbonyl (C=O) groups excluding carboxylic acids is 2. The first kappa shape index (κ1) is 53.9. The molecule has 0 aliphatic heterocycles. The lowest BCUT2D eigenvalue weighted by Gasteiger charge is -2.24. The van der Waals surface area contributed by atoms with Crippen LogP contribution in [0.1, 0.15) is 240 Å². The van der Waals surface area contributed by atoms with E-state index in [9.17, 15) is 9.59 Å². The first-order chi connectivity index (χ1) is 26.9. The van der Waals surface area contributed by atoms with Gasteiger partial charge in [0.25, 0.3) is 0 Å². The Morgan fingerprint density at radius 2 is 0.655 bits per heavy atom. The molecule has 0 aliphatic carbocycles. The molecule has 2 atom stereocenters. The summed E-state index contributed by atoms with van der Waals surface area (Å²) in [7, 11) is 4.32. The average molecular weight is 779 g/mol. The van der Waals surface area contributed by atoms with E-state index in [0.29, 0.717) is 13.2 Å². The Labute approximate surface area is 344 Å². The second kappa shape index (κ2) is 42.5. The van der Waals surface area contributed by atoms with Crippen LogP contribution < -0.4 is 0 Å². The number of hydrogen-bond acceptors (Lipinski definition) is 6. The molecule has 0 radical (unpaired) electrons. The predicted molar refractivity (Wildman–Crippen MR) is 239 cm³/mol. The molecule has 0 fully saturated rings. The second-order valence-corrected chi connectivity index (χ2v) is 17.4. The number of carbonyl (C=O) groups is 2. The summed E-state index contributed by atoms with van der Waals surface area (Å²) in [5.74, 6) is 0.343. The van der Waals surface area contributed by atoms with E-state index in [1.54, 1.807) is 0 Å². The highest BCUT2D eigenvalue weighted by Crippen LogP contribution is 2.22. The molecule has 0 heterocycles. The van der Waals surface area contributed by atoms with Gasteiger partial charge in [0.1, 0.15) is 0 Å². The van der Waals surface area contributed by atoms with E-state index in [2.05, 4.69) is 51.6 Å². The molecule has 55 heavy (non-hydrogen) atoms. The van der Waals surface area contributed by atoms with Crippen molar-refractivity contribution in [1.29, 1.82) is 0 Å².